The van der Waals surface area contributed by atoms with Gasteiger partial charge in [-0.25, -0.2) is 0 Å². The Kier molecular flexibility index (Phi) is 5.33. The van der Waals surface area contributed by atoms with Crippen LogP contribution in [0.5, 0.6) is 0 Å². The van der Waals surface area contributed by atoms with Gasteiger partial charge in [-0.3, -0.25) is 19.3 Å². The number of hydrogen-bond acceptors (Lipinski definition) is 5. The van der Waals surface area contributed by atoms with Crippen molar-refractivity contribution in [3.63, 3.8) is 0 Å². The molecule has 3 saturated heterocycles. The molecule has 2 N–H and O–H groups in total. The van der Waals surface area contributed by atoms with Crippen LogP contribution in [0.15, 0.2) is 0 Å². The lowest BCUT2D eigenvalue weighted by Crippen LogP contribution is -2.42. The van der Waals surface area contributed by atoms with E-state index in [-0.39, 0.29) is 73.2 Å². The molecule has 8 heteroatoms. The molecule has 0 radical (unpaired) electrons. The highest BCUT2D eigenvalue weighted by atomic mass is 35.5. The molecule has 5 atom stereocenters. The molecule has 3 amide bonds. The van der Waals surface area contributed by atoms with Gasteiger partial charge in [-0.2, -0.15) is 0 Å². The lowest BCUT2D eigenvalue weighted by atomic mass is 9.81. The molecule has 0 aromatic rings. The maximum atomic E-state index is 12.4. The number of ether oxygens (including phenoxy) is 1. The van der Waals surface area contributed by atoms with Gasteiger partial charge in [0.05, 0.1) is 24.0 Å². The Labute approximate surface area is 141 Å². The fraction of sp³-hybridized carbons (Fsp3) is 0.800. The summed E-state index contributed by atoms with van der Waals surface area (Å²) in [5.41, 5.74) is 5.55. The maximum Gasteiger partial charge on any atom is 0.235 e. The van der Waals surface area contributed by atoms with Crippen LogP contribution in [-0.2, 0) is 19.1 Å². The zero-order valence-electron chi connectivity index (χ0n) is 13.4. The first-order valence-electron chi connectivity index (χ1n) is 7.92. The van der Waals surface area contributed by atoms with Gasteiger partial charge in [-0.15, -0.1) is 12.4 Å². The third kappa shape index (κ3) is 2.86. The zero-order valence-corrected chi connectivity index (χ0v) is 14.3. The molecular weight excluding hydrogens is 322 g/mol. The average Bonchev–Trinajstić information content (AvgIpc) is 3.18. The lowest BCUT2D eigenvalue weighted by molar-refractivity contribution is -0.143. The van der Waals surface area contributed by atoms with Gasteiger partial charge in [-0.1, -0.05) is 0 Å². The van der Waals surface area contributed by atoms with Gasteiger partial charge < -0.3 is 15.4 Å². The van der Waals surface area contributed by atoms with Gasteiger partial charge in [0, 0.05) is 32.6 Å². The number of likely N-dealkylation sites (N-methyl/N-ethyl adjacent to an activating group) is 1. The van der Waals surface area contributed by atoms with Crippen LogP contribution in [0.3, 0.4) is 0 Å². The number of likely N-dealkylation sites (tertiary alicyclic amines) is 1. The van der Waals surface area contributed by atoms with Crippen LogP contribution < -0.4 is 5.73 Å². The number of imide groups is 1. The van der Waals surface area contributed by atoms with Crippen molar-refractivity contribution in [2.75, 3.05) is 20.1 Å². The normalized spacial score (nSPS) is 32.7. The Bertz CT molecular complexity index is 487. The number of carbonyl (C=O) groups is 3. The van der Waals surface area contributed by atoms with Gasteiger partial charge in [0.15, 0.2) is 0 Å². The molecular formula is C15H24ClN3O4. The van der Waals surface area contributed by atoms with E-state index in [9.17, 15) is 14.4 Å². The van der Waals surface area contributed by atoms with E-state index in [0.29, 0.717) is 6.54 Å². The predicted octanol–water partition coefficient (Wildman–Crippen LogP) is -0.234. The van der Waals surface area contributed by atoms with Crippen LogP contribution in [0.2, 0.25) is 0 Å². The number of amides is 3. The third-order valence-corrected chi connectivity index (χ3v) is 5.32. The molecule has 3 rings (SSSR count). The molecule has 0 aromatic heterocycles. The molecule has 3 fully saturated rings. The minimum atomic E-state index is -0.318. The van der Waals surface area contributed by atoms with E-state index < -0.39 is 0 Å². The second-order valence-corrected chi connectivity index (χ2v) is 6.51. The largest absolute Gasteiger partial charge is 0.373 e. The van der Waals surface area contributed by atoms with E-state index in [4.69, 9.17) is 10.5 Å². The summed E-state index contributed by atoms with van der Waals surface area (Å²) < 4.78 is 5.68. The van der Waals surface area contributed by atoms with Crippen LogP contribution in [-0.4, -0.2) is 65.9 Å². The SMILES string of the molecule is CC(CN)N(C)C(=O)CCN1C(=O)C2C3CCC(O3)C2C1=O.Cl. The Morgan fingerprint density at radius 3 is 2.30 bits per heavy atom. The summed E-state index contributed by atoms with van der Waals surface area (Å²) in [4.78, 5) is 39.8. The second-order valence-electron chi connectivity index (χ2n) is 6.51. The second kappa shape index (κ2) is 6.75. The summed E-state index contributed by atoms with van der Waals surface area (Å²) >= 11 is 0. The number of nitrogens with zero attached hydrogens (tertiary/aromatic N) is 2. The molecule has 2 bridgehead atoms. The van der Waals surface area contributed by atoms with E-state index in [1.807, 2.05) is 6.92 Å². The van der Waals surface area contributed by atoms with Crippen molar-refractivity contribution >= 4 is 30.1 Å². The lowest BCUT2D eigenvalue weighted by Gasteiger charge is -2.25. The van der Waals surface area contributed by atoms with Crippen molar-refractivity contribution < 1.29 is 19.1 Å². The van der Waals surface area contributed by atoms with Crippen LogP contribution in [0.1, 0.15) is 26.2 Å². The molecule has 0 spiro atoms. The standard InChI is InChI=1S/C15H23N3O4.ClH/c1-8(7-16)17(2)11(19)5-6-18-14(20)12-9-3-4-10(22-9)13(12)15(18)21;/h8-10,12-13H,3-7,16H2,1-2H3;1H. The highest BCUT2D eigenvalue weighted by molar-refractivity contribution is 6.06. The van der Waals surface area contributed by atoms with Crippen LogP contribution in [0.25, 0.3) is 0 Å². The molecule has 5 unspecified atom stereocenters. The van der Waals surface area contributed by atoms with Gasteiger partial charge in [0.25, 0.3) is 0 Å². The van der Waals surface area contributed by atoms with E-state index in [2.05, 4.69) is 0 Å². The van der Waals surface area contributed by atoms with E-state index in [0.717, 1.165) is 12.8 Å². The van der Waals surface area contributed by atoms with E-state index in [1.165, 1.54) is 4.90 Å². The summed E-state index contributed by atoms with van der Waals surface area (Å²) in [5, 5.41) is 0. The molecule has 0 saturated carbocycles. The number of fused-ring (bicyclic) bond motifs is 5. The highest BCUT2D eigenvalue weighted by Gasteiger charge is 2.62. The average molecular weight is 346 g/mol. The zero-order chi connectivity index (χ0) is 16.0. The Hall–Kier alpha value is -1.18. The highest BCUT2D eigenvalue weighted by Crippen LogP contribution is 2.48. The quantitative estimate of drug-likeness (QED) is 0.694. The third-order valence-electron chi connectivity index (χ3n) is 5.32. The van der Waals surface area contributed by atoms with Crippen LogP contribution in [0.4, 0.5) is 0 Å². The van der Waals surface area contributed by atoms with Crippen molar-refractivity contribution in [3.05, 3.63) is 0 Å². The summed E-state index contributed by atoms with van der Waals surface area (Å²) in [7, 11) is 1.69. The number of halogens is 1. The van der Waals surface area contributed by atoms with Crippen LogP contribution in [0, 0.1) is 11.8 Å². The monoisotopic (exact) mass is 345 g/mol. The summed E-state index contributed by atoms with van der Waals surface area (Å²) in [5.74, 6) is -1.06. The van der Waals surface area contributed by atoms with E-state index in [1.54, 1.807) is 11.9 Å². The summed E-state index contributed by atoms with van der Waals surface area (Å²) in [6.45, 7) is 2.41. The van der Waals surface area contributed by atoms with Crippen molar-refractivity contribution in [1.29, 1.82) is 0 Å². The number of rotatable bonds is 5. The van der Waals surface area contributed by atoms with E-state index >= 15 is 0 Å². The topological polar surface area (TPSA) is 92.9 Å². The van der Waals surface area contributed by atoms with Gasteiger partial charge in [-0.05, 0) is 19.8 Å². The van der Waals surface area contributed by atoms with Crippen molar-refractivity contribution in [3.8, 4) is 0 Å². The minimum absolute atomic E-state index is 0. The maximum absolute atomic E-state index is 12.4. The minimum Gasteiger partial charge on any atom is -0.373 e. The molecule has 0 aromatic carbocycles. The predicted molar refractivity (Wildman–Crippen MR) is 84.7 cm³/mol. The van der Waals surface area contributed by atoms with Gasteiger partial charge in [0.1, 0.15) is 0 Å². The Morgan fingerprint density at radius 1 is 1.30 bits per heavy atom. The summed E-state index contributed by atoms with van der Waals surface area (Å²) in [6, 6.07) is -0.0545. The fourth-order valence-corrected chi connectivity index (χ4v) is 3.78. The Morgan fingerprint density at radius 2 is 1.83 bits per heavy atom. The van der Waals surface area contributed by atoms with Crippen molar-refractivity contribution in [2.45, 2.75) is 44.4 Å². The first-order chi connectivity index (χ1) is 10.5. The Balaban J connectivity index is 0.00000192. The first kappa shape index (κ1) is 18.2. The van der Waals surface area contributed by atoms with Gasteiger partial charge >= 0.3 is 0 Å². The molecule has 0 aliphatic carbocycles. The fourth-order valence-electron chi connectivity index (χ4n) is 3.78. The molecule has 130 valence electrons. The molecule has 3 heterocycles. The number of hydrogen-bond donors (Lipinski definition) is 1. The van der Waals surface area contributed by atoms with Gasteiger partial charge in [0.2, 0.25) is 17.7 Å². The molecule has 3 aliphatic heterocycles. The smallest absolute Gasteiger partial charge is 0.235 e. The summed E-state index contributed by atoms with van der Waals surface area (Å²) in [6.07, 6.45) is 1.65. The number of nitrogens with two attached hydrogens (primary N) is 1. The van der Waals surface area contributed by atoms with Crippen LogP contribution >= 0.6 is 12.4 Å². The van der Waals surface area contributed by atoms with Crippen molar-refractivity contribution in [1.82, 2.24) is 9.80 Å². The molecule has 3 aliphatic rings. The van der Waals surface area contributed by atoms with Crippen molar-refractivity contribution in [2.24, 2.45) is 17.6 Å². The molecule has 7 nitrogen and oxygen atoms in total. The first-order valence-corrected chi connectivity index (χ1v) is 7.92. The molecule has 23 heavy (non-hydrogen) atoms. The number of carbonyl (C=O) groups excluding carboxylic acids is 3.